The van der Waals surface area contributed by atoms with E-state index in [0.717, 1.165) is 11.1 Å². The van der Waals surface area contributed by atoms with Crippen molar-refractivity contribution in [2.45, 2.75) is 20.3 Å². The highest BCUT2D eigenvalue weighted by Crippen LogP contribution is 2.18. The van der Waals surface area contributed by atoms with Crippen LogP contribution in [0.15, 0.2) is 42.5 Å². The number of anilines is 2. The number of ether oxygens (including phenoxy) is 1. The highest BCUT2D eigenvalue weighted by molar-refractivity contribution is 5.96. The zero-order valence-corrected chi connectivity index (χ0v) is 15.0. The number of nitriles is 1. The summed E-state index contributed by atoms with van der Waals surface area (Å²) in [5.74, 6) is -1.52. The second kappa shape index (κ2) is 9.15. The number of rotatable bonds is 6. The van der Waals surface area contributed by atoms with Gasteiger partial charge in [-0.1, -0.05) is 12.1 Å². The minimum atomic E-state index is -0.652. The average molecular weight is 365 g/mol. The number of hydrogen-bond donors (Lipinski definition) is 2. The van der Waals surface area contributed by atoms with E-state index in [1.165, 1.54) is 24.3 Å². The van der Waals surface area contributed by atoms with Gasteiger partial charge in [0.15, 0.2) is 6.61 Å². The lowest BCUT2D eigenvalue weighted by atomic mass is 10.1. The van der Waals surface area contributed by atoms with Gasteiger partial charge >= 0.3 is 5.97 Å². The van der Waals surface area contributed by atoms with Gasteiger partial charge in [-0.3, -0.25) is 9.59 Å². The molecule has 0 bridgehead atoms. The smallest absolute Gasteiger partial charge is 0.338 e. The summed E-state index contributed by atoms with van der Waals surface area (Å²) in [5.41, 5.74) is 3.37. The maximum Gasteiger partial charge on any atom is 0.338 e. The minimum Gasteiger partial charge on any atom is -0.452 e. The Bertz CT molecular complexity index is 898. The second-order valence-corrected chi connectivity index (χ2v) is 5.83. The number of esters is 1. The molecule has 2 rings (SSSR count). The van der Waals surface area contributed by atoms with Crippen molar-refractivity contribution in [1.82, 2.24) is 0 Å². The molecule has 0 aromatic heterocycles. The molecule has 0 aliphatic carbocycles. The molecule has 0 fully saturated rings. The molecule has 0 saturated heterocycles. The fourth-order valence-corrected chi connectivity index (χ4v) is 2.25. The molecular formula is C20H19N3O4. The topological polar surface area (TPSA) is 108 Å². The molecule has 0 aliphatic heterocycles. The van der Waals surface area contributed by atoms with Crippen molar-refractivity contribution in [2.24, 2.45) is 0 Å². The average Bonchev–Trinajstić information content (AvgIpc) is 2.64. The van der Waals surface area contributed by atoms with Gasteiger partial charge < -0.3 is 15.4 Å². The van der Waals surface area contributed by atoms with Gasteiger partial charge in [0.05, 0.1) is 11.6 Å². The zero-order chi connectivity index (χ0) is 19.8. The first-order valence-corrected chi connectivity index (χ1v) is 8.20. The van der Waals surface area contributed by atoms with E-state index in [2.05, 4.69) is 10.6 Å². The molecule has 2 aromatic carbocycles. The molecule has 0 heterocycles. The SMILES string of the molecule is Cc1cccc(NC(=O)COC(=O)c2ccc(NC(=O)CC#N)cc2)c1C. The Balaban J connectivity index is 1.88. The van der Waals surface area contributed by atoms with E-state index in [9.17, 15) is 14.4 Å². The van der Waals surface area contributed by atoms with Crippen LogP contribution in [0.1, 0.15) is 27.9 Å². The summed E-state index contributed by atoms with van der Waals surface area (Å²) in [6.07, 6.45) is -0.251. The monoisotopic (exact) mass is 365 g/mol. The number of carbonyl (C=O) groups is 3. The zero-order valence-electron chi connectivity index (χ0n) is 15.0. The molecule has 7 nitrogen and oxygen atoms in total. The molecule has 0 atom stereocenters. The van der Waals surface area contributed by atoms with Crippen molar-refractivity contribution in [3.05, 3.63) is 59.2 Å². The molecule has 2 aromatic rings. The number of amides is 2. The summed E-state index contributed by atoms with van der Waals surface area (Å²) in [5, 5.41) is 13.7. The fourth-order valence-electron chi connectivity index (χ4n) is 2.25. The van der Waals surface area contributed by atoms with Crippen LogP contribution < -0.4 is 10.6 Å². The molecule has 2 N–H and O–H groups in total. The van der Waals surface area contributed by atoms with Crippen LogP contribution in [0.2, 0.25) is 0 Å². The predicted molar refractivity (Wildman–Crippen MR) is 100 cm³/mol. The van der Waals surface area contributed by atoms with E-state index in [-0.39, 0.29) is 12.0 Å². The number of carbonyl (C=O) groups excluding carboxylic acids is 3. The minimum absolute atomic E-state index is 0.243. The van der Waals surface area contributed by atoms with E-state index in [0.29, 0.717) is 11.4 Å². The first-order chi connectivity index (χ1) is 12.9. The van der Waals surface area contributed by atoms with Crippen molar-refractivity contribution in [3.8, 4) is 6.07 Å². The first kappa shape index (κ1) is 19.7. The van der Waals surface area contributed by atoms with Crippen molar-refractivity contribution in [1.29, 1.82) is 5.26 Å². The van der Waals surface area contributed by atoms with E-state index in [4.69, 9.17) is 10.00 Å². The van der Waals surface area contributed by atoms with E-state index >= 15 is 0 Å². The summed E-state index contributed by atoms with van der Waals surface area (Å²) in [7, 11) is 0. The molecule has 0 unspecified atom stereocenters. The summed E-state index contributed by atoms with van der Waals surface area (Å²) >= 11 is 0. The van der Waals surface area contributed by atoms with E-state index < -0.39 is 24.4 Å². The molecule has 7 heteroatoms. The lowest BCUT2D eigenvalue weighted by Gasteiger charge is -2.11. The molecule has 0 radical (unpaired) electrons. The van der Waals surface area contributed by atoms with Gasteiger partial charge in [0, 0.05) is 11.4 Å². The summed E-state index contributed by atoms with van der Waals surface area (Å²) in [6.45, 7) is 3.43. The molecule has 0 saturated carbocycles. The van der Waals surface area contributed by atoms with E-state index in [1.54, 1.807) is 12.1 Å². The highest BCUT2D eigenvalue weighted by atomic mass is 16.5. The molecule has 0 aliphatic rings. The standard InChI is InChI=1S/C20H19N3O4/c1-13-4-3-5-17(14(13)2)23-19(25)12-27-20(26)15-6-8-16(9-7-15)22-18(24)10-11-21/h3-9H,10,12H2,1-2H3,(H,22,24)(H,23,25). The molecule has 27 heavy (non-hydrogen) atoms. The number of aryl methyl sites for hydroxylation is 1. The highest BCUT2D eigenvalue weighted by Gasteiger charge is 2.12. The van der Waals surface area contributed by atoms with Crippen LogP contribution in [-0.4, -0.2) is 24.4 Å². The summed E-state index contributed by atoms with van der Waals surface area (Å²) in [4.78, 5) is 35.3. The molecular weight excluding hydrogens is 346 g/mol. The maximum absolute atomic E-state index is 12.0. The maximum atomic E-state index is 12.0. The van der Waals surface area contributed by atoms with Crippen LogP contribution in [0, 0.1) is 25.2 Å². The molecule has 138 valence electrons. The Morgan fingerprint density at radius 3 is 2.37 bits per heavy atom. The molecule has 2 amide bonds. The van der Waals surface area contributed by atoms with Crippen molar-refractivity contribution >= 4 is 29.2 Å². The molecule has 0 spiro atoms. The fraction of sp³-hybridized carbons (Fsp3) is 0.200. The third-order valence-electron chi connectivity index (χ3n) is 3.86. The van der Waals surface area contributed by atoms with Crippen molar-refractivity contribution in [3.63, 3.8) is 0 Å². The first-order valence-electron chi connectivity index (χ1n) is 8.20. The summed E-state index contributed by atoms with van der Waals surface area (Å²) in [6, 6.07) is 13.3. The third kappa shape index (κ3) is 5.68. The van der Waals surface area contributed by atoms with Crippen LogP contribution in [0.5, 0.6) is 0 Å². The lowest BCUT2D eigenvalue weighted by molar-refractivity contribution is -0.119. The number of benzene rings is 2. The Hall–Kier alpha value is -3.66. The largest absolute Gasteiger partial charge is 0.452 e. The Labute approximate surface area is 156 Å². The van der Waals surface area contributed by atoms with Gasteiger partial charge in [0.2, 0.25) is 5.91 Å². The number of nitrogens with zero attached hydrogens (tertiary/aromatic N) is 1. The Morgan fingerprint density at radius 2 is 1.70 bits per heavy atom. The lowest BCUT2D eigenvalue weighted by Crippen LogP contribution is -2.21. The van der Waals surface area contributed by atoms with Crippen molar-refractivity contribution < 1.29 is 19.1 Å². The van der Waals surface area contributed by atoms with Gasteiger partial charge in [0.1, 0.15) is 6.42 Å². The quantitative estimate of drug-likeness (QED) is 0.765. The van der Waals surface area contributed by atoms with Crippen LogP contribution >= 0.6 is 0 Å². The Morgan fingerprint density at radius 1 is 1.00 bits per heavy atom. The Kier molecular flexibility index (Phi) is 6.67. The van der Waals surface area contributed by atoms with Crippen LogP contribution in [0.25, 0.3) is 0 Å². The van der Waals surface area contributed by atoms with Gasteiger partial charge in [-0.05, 0) is 55.3 Å². The third-order valence-corrected chi connectivity index (χ3v) is 3.86. The van der Waals surface area contributed by atoms with Crippen molar-refractivity contribution in [2.75, 3.05) is 17.2 Å². The van der Waals surface area contributed by atoms with Crippen LogP contribution in [0.4, 0.5) is 11.4 Å². The number of hydrogen-bond acceptors (Lipinski definition) is 5. The van der Waals surface area contributed by atoms with Crippen LogP contribution in [0.3, 0.4) is 0 Å². The number of nitrogens with one attached hydrogen (secondary N) is 2. The van der Waals surface area contributed by atoms with Crippen LogP contribution in [-0.2, 0) is 14.3 Å². The van der Waals surface area contributed by atoms with Gasteiger partial charge in [0.25, 0.3) is 5.91 Å². The van der Waals surface area contributed by atoms with Gasteiger partial charge in [-0.15, -0.1) is 0 Å². The van der Waals surface area contributed by atoms with E-state index in [1.807, 2.05) is 26.0 Å². The normalized spacial score (nSPS) is 9.81. The summed E-state index contributed by atoms with van der Waals surface area (Å²) < 4.78 is 5.01. The predicted octanol–water partition coefficient (Wildman–Crippen LogP) is 2.95. The second-order valence-electron chi connectivity index (χ2n) is 5.83. The van der Waals surface area contributed by atoms with Gasteiger partial charge in [-0.2, -0.15) is 5.26 Å². The van der Waals surface area contributed by atoms with Gasteiger partial charge in [-0.25, -0.2) is 4.79 Å².